The maximum atomic E-state index is 12.8. The van der Waals surface area contributed by atoms with E-state index in [1.54, 1.807) is 18.2 Å². The second kappa shape index (κ2) is 6.05. The third-order valence-electron chi connectivity index (χ3n) is 3.91. The molecule has 0 saturated carbocycles. The van der Waals surface area contributed by atoms with Gasteiger partial charge in [-0.05, 0) is 17.7 Å². The molecule has 1 amide bonds. The van der Waals surface area contributed by atoms with Crippen LogP contribution in [0.3, 0.4) is 0 Å². The third kappa shape index (κ3) is 2.73. The minimum Gasteiger partial charge on any atom is -0.363 e. The number of aryl methyl sites for hydroxylation is 2. The summed E-state index contributed by atoms with van der Waals surface area (Å²) in [5.74, 6) is -0.893. The lowest BCUT2D eigenvalue weighted by Crippen LogP contribution is -2.39. The number of amides is 1. The molecule has 0 aliphatic rings. The van der Waals surface area contributed by atoms with E-state index in [-0.39, 0.29) is 23.5 Å². The fourth-order valence-electron chi connectivity index (χ4n) is 2.62. The molecule has 0 radical (unpaired) electrons. The molecule has 0 unspecified atom stereocenters. The number of fused-ring (bicyclic) bond motifs is 1. The summed E-state index contributed by atoms with van der Waals surface area (Å²) in [6.07, 6.45) is 0. The summed E-state index contributed by atoms with van der Waals surface area (Å²) in [6.45, 7) is -0.00454. The van der Waals surface area contributed by atoms with Crippen molar-refractivity contribution in [1.82, 2.24) is 18.7 Å². The van der Waals surface area contributed by atoms with Gasteiger partial charge in [0.1, 0.15) is 0 Å². The minimum absolute atomic E-state index is 0.00454. The molecule has 2 heterocycles. The number of imidazole rings is 1. The predicted molar refractivity (Wildman–Crippen MR) is 94.3 cm³/mol. The summed E-state index contributed by atoms with van der Waals surface area (Å²) in [6, 6.07) is 4.84. The van der Waals surface area contributed by atoms with Crippen molar-refractivity contribution in [3.05, 3.63) is 60.5 Å². The van der Waals surface area contributed by atoms with E-state index in [4.69, 9.17) is 28.9 Å². The maximum Gasteiger partial charge on any atom is 0.332 e. The van der Waals surface area contributed by atoms with E-state index in [2.05, 4.69) is 4.98 Å². The summed E-state index contributed by atoms with van der Waals surface area (Å²) in [5.41, 5.74) is 4.95. The van der Waals surface area contributed by atoms with Gasteiger partial charge in [-0.15, -0.1) is 0 Å². The van der Waals surface area contributed by atoms with Crippen molar-refractivity contribution in [3.8, 4) is 0 Å². The van der Waals surface area contributed by atoms with Crippen LogP contribution in [0, 0.1) is 0 Å². The van der Waals surface area contributed by atoms with Gasteiger partial charge in [0.2, 0.25) is 5.82 Å². The zero-order valence-corrected chi connectivity index (χ0v) is 14.8. The molecular weight excluding hydrogens is 369 g/mol. The van der Waals surface area contributed by atoms with E-state index in [0.717, 1.165) is 4.57 Å². The highest BCUT2D eigenvalue weighted by Crippen LogP contribution is 2.22. The van der Waals surface area contributed by atoms with E-state index in [1.807, 2.05) is 0 Å². The number of rotatable bonds is 3. The number of primary amides is 1. The fraction of sp³-hybridized carbons (Fsp3) is 0.200. The Morgan fingerprint density at radius 1 is 1.16 bits per heavy atom. The van der Waals surface area contributed by atoms with Gasteiger partial charge in [0.15, 0.2) is 11.2 Å². The van der Waals surface area contributed by atoms with E-state index < -0.39 is 17.2 Å². The Morgan fingerprint density at radius 2 is 1.84 bits per heavy atom. The first-order valence-corrected chi connectivity index (χ1v) is 7.88. The molecule has 2 N–H and O–H groups in total. The standard InChI is InChI=1S/C15H13Cl2N5O3/c1-20-10-12(19-13(20)11(18)23)21(2)15(25)22(14(10)24)6-7-3-4-8(16)9(17)5-7/h3-5H,6H2,1-2H3,(H2,18,23). The smallest absolute Gasteiger partial charge is 0.332 e. The van der Waals surface area contributed by atoms with Crippen molar-refractivity contribution < 1.29 is 4.79 Å². The first kappa shape index (κ1) is 17.2. The van der Waals surface area contributed by atoms with Gasteiger partial charge in [0, 0.05) is 14.1 Å². The molecule has 8 nitrogen and oxygen atoms in total. The normalized spacial score (nSPS) is 11.2. The molecule has 3 aromatic rings. The second-order valence-electron chi connectivity index (χ2n) is 5.51. The van der Waals surface area contributed by atoms with Gasteiger partial charge >= 0.3 is 5.69 Å². The fourth-order valence-corrected chi connectivity index (χ4v) is 2.94. The molecule has 1 aromatic carbocycles. The SMILES string of the molecule is Cn1c(C(N)=O)nc2c1c(=O)n(Cc1ccc(Cl)c(Cl)c1)c(=O)n2C. The highest BCUT2D eigenvalue weighted by atomic mass is 35.5. The van der Waals surface area contributed by atoms with Crippen molar-refractivity contribution in [2.24, 2.45) is 19.8 Å². The number of hydrogen-bond donors (Lipinski definition) is 1. The zero-order valence-electron chi connectivity index (χ0n) is 13.3. The van der Waals surface area contributed by atoms with Crippen molar-refractivity contribution in [2.75, 3.05) is 0 Å². The molecule has 0 bridgehead atoms. The number of hydrogen-bond acceptors (Lipinski definition) is 4. The van der Waals surface area contributed by atoms with E-state index in [0.29, 0.717) is 15.6 Å². The molecule has 0 fully saturated rings. The summed E-state index contributed by atoms with van der Waals surface area (Å²) >= 11 is 11.9. The van der Waals surface area contributed by atoms with Crippen LogP contribution >= 0.6 is 23.2 Å². The molecule has 0 atom stereocenters. The number of benzene rings is 1. The largest absolute Gasteiger partial charge is 0.363 e. The molecule has 130 valence electrons. The Hall–Kier alpha value is -2.58. The van der Waals surface area contributed by atoms with Crippen molar-refractivity contribution in [3.63, 3.8) is 0 Å². The Morgan fingerprint density at radius 3 is 2.44 bits per heavy atom. The number of aromatic nitrogens is 4. The summed E-state index contributed by atoms with van der Waals surface area (Å²) in [5, 5.41) is 0.695. The first-order valence-electron chi connectivity index (χ1n) is 7.12. The Kier molecular flexibility index (Phi) is 4.18. The Bertz CT molecular complexity index is 1140. The molecule has 10 heteroatoms. The average molecular weight is 382 g/mol. The van der Waals surface area contributed by atoms with Crippen LogP contribution in [-0.4, -0.2) is 24.6 Å². The van der Waals surface area contributed by atoms with Gasteiger partial charge in [0.25, 0.3) is 11.5 Å². The van der Waals surface area contributed by atoms with Crippen molar-refractivity contribution in [2.45, 2.75) is 6.54 Å². The predicted octanol–water partition coefficient (Wildman–Crippen LogP) is 0.888. The summed E-state index contributed by atoms with van der Waals surface area (Å²) in [4.78, 5) is 40.8. The van der Waals surface area contributed by atoms with Gasteiger partial charge in [-0.2, -0.15) is 0 Å². The molecule has 0 aliphatic carbocycles. The lowest BCUT2D eigenvalue weighted by Gasteiger charge is -2.09. The van der Waals surface area contributed by atoms with Crippen LogP contribution in [0.25, 0.3) is 11.2 Å². The number of nitrogens with two attached hydrogens (primary N) is 1. The lowest BCUT2D eigenvalue weighted by atomic mass is 10.2. The first-order chi connectivity index (χ1) is 11.7. The third-order valence-corrected chi connectivity index (χ3v) is 4.64. The van der Waals surface area contributed by atoms with Crippen LogP contribution in [0.5, 0.6) is 0 Å². The molecule has 0 aliphatic heterocycles. The van der Waals surface area contributed by atoms with Gasteiger partial charge < -0.3 is 10.3 Å². The summed E-state index contributed by atoms with van der Waals surface area (Å²) in [7, 11) is 2.96. The van der Waals surface area contributed by atoms with Crippen molar-refractivity contribution in [1.29, 1.82) is 0 Å². The van der Waals surface area contributed by atoms with Crippen LogP contribution in [-0.2, 0) is 20.6 Å². The maximum absolute atomic E-state index is 12.8. The van der Waals surface area contributed by atoms with Gasteiger partial charge in [-0.3, -0.25) is 18.7 Å². The summed E-state index contributed by atoms with van der Waals surface area (Å²) < 4.78 is 3.51. The van der Waals surface area contributed by atoms with E-state index in [9.17, 15) is 14.4 Å². The highest BCUT2D eigenvalue weighted by molar-refractivity contribution is 6.42. The number of nitrogens with zero attached hydrogens (tertiary/aromatic N) is 4. The zero-order chi connectivity index (χ0) is 18.5. The van der Waals surface area contributed by atoms with Gasteiger partial charge in [-0.25, -0.2) is 9.78 Å². The monoisotopic (exact) mass is 381 g/mol. The number of carbonyl (C=O) groups excluding carboxylic acids is 1. The molecule has 3 rings (SSSR count). The Balaban J connectivity index is 2.27. The van der Waals surface area contributed by atoms with Gasteiger partial charge in [0.05, 0.1) is 16.6 Å². The molecule has 25 heavy (non-hydrogen) atoms. The van der Waals surface area contributed by atoms with Crippen LogP contribution in [0.1, 0.15) is 16.2 Å². The van der Waals surface area contributed by atoms with Gasteiger partial charge in [-0.1, -0.05) is 29.3 Å². The van der Waals surface area contributed by atoms with E-state index >= 15 is 0 Å². The lowest BCUT2D eigenvalue weighted by molar-refractivity contribution is 0.0988. The molecule has 2 aromatic heterocycles. The molecule has 0 spiro atoms. The highest BCUT2D eigenvalue weighted by Gasteiger charge is 2.20. The van der Waals surface area contributed by atoms with Crippen molar-refractivity contribution >= 4 is 40.3 Å². The average Bonchev–Trinajstić information content (AvgIpc) is 2.91. The second-order valence-corrected chi connectivity index (χ2v) is 6.33. The van der Waals surface area contributed by atoms with Crippen LogP contribution < -0.4 is 17.0 Å². The number of halogens is 2. The number of carbonyl (C=O) groups is 1. The molecular formula is C15H13Cl2N5O3. The van der Waals surface area contributed by atoms with Crippen LogP contribution in [0.15, 0.2) is 27.8 Å². The molecule has 0 saturated heterocycles. The van der Waals surface area contributed by atoms with E-state index in [1.165, 1.54) is 23.2 Å². The topological polar surface area (TPSA) is 105 Å². The Labute approximate surface area is 151 Å². The van der Waals surface area contributed by atoms with Crippen LogP contribution in [0.2, 0.25) is 10.0 Å². The van der Waals surface area contributed by atoms with Crippen LogP contribution in [0.4, 0.5) is 0 Å². The quantitative estimate of drug-likeness (QED) is 0.726. The minimum atomic E-state index is -0.790.